The van der Waals surface area contributed by atoms with Gasteiger partial charge in [0, 0.05) is 50.2 Å². The van der Waals surface area contributed by atoms with E-state index in [2.05, 4.69) is 15.7 Å². The second kappa shape index (κ2) is 7.48. The summed E-state index contributed by atoms with van der Waals surface area (Å²) in [4.78, 5) is 31.1. The van der Waals surface area contributed by atoms with E-state index in [9.17, 15) is 9.59 Å². The zero-order valence-electron chi connectivity index (χ0n) is 15.1. The summed E-state index contributed by atoms with van der Waals surface area (Å²) in [6, 6.07) is 4.97. The number of piperidine rings is 1. The molecule has 1 atom stereocenters. The van der Waals surface area contributed by atoms with Gasteiger partial charge in [-0.3, -0.25) is 9.59 Å². The molecule has 138 valence electrons. The van der Waals surface area contributed by atoms with Crippen molar-refractivity contribution >= 4 is 5.91 Å². The predicted octanol–water partition coefficient (Wildman–Crippen LogP) is 2.25. The van der Waals surface area contributed by atoms with Crippen molar-refractivity contribution in [1.82, 2.24) is 19.0 Å². The van der Waals surface area contributed by atoms with E-state index >= 15 is 0 Å². The zero-order chi connectivity index (χ0) is 17.9. The molecule has 6 nitrogen and oxygen atoms in total. The fraction of sp³-hybridized carbons (Fsp3) is 0.550. The number of carbonyl (C=O) groups excluding carboxylic acids is 1. The molecule has 0 bridgehead atoms. The summed E-state index contributed by atoms with van der Waals surface area (Å²) in [5.41, 5.74) is -0.134. The van der Waals surface area contributed by atoms with Crippen molar-refractivity contribution < 1.29 is 4.79 Å². The number of aromatic nitrogens is 3. The van der Waals surface area contributed by atoms with E-state index in [1.165, 1.54) is 29.9 Å². The number of carbonyl (C=O) groups is 1. The first kappa shape index (κ1) is 17.1. The number of imidazole rings is 1. The van der Waals surface area contributed by atoms with Crippen molar-refractivity contribution in [2.24, 2.45) is 5.92 Å². The molecule has 1 saturated carbocycles. The van der Waals surface area contributed by atoms with Crippen molar-refractivity contribution in [3.05, 3.63) is 53.0 Å². The quantitative estimate of drug-likeness (QED) is 0.827. The van der Waals surface area contributed by atoms with Crippen molar-refractivity contribution in [3.63, 3.8) is 0 Å². The van der Waals surface area contributed by atoms with Crippen LogP contribution in [-0.2, 0) is 17.9 Å². The summed E-state index contributed by atoms with van der Waals surface area (Å²) in [7, 11) is 0. The molecule has 0 unspecified atom stereocenters. The summed E-state index contributed by atoms with van der Waals surface area (Å²) in [5.74, 6) is 2.20. The molecule has 4 rings (SSSR count). The molecule has 1 amide bonds. The lowest BCUT2D eigenvalue weighted by Gasteiger charge is -2.34. The van der Waals surface area contributed by atoms with Crippen LogP contribution in [0.3, 0.4) is 0 Å². The maximum absolute atomic E-state index is 12.7. The van der Waals surface area contributed by atoms with Gasteiger partial charge >= 0.3 is 0 Å². The minimum Gasteiger partial charge on any atom is -0.340 e. The predicted molar refractivity (Wildman–Crippen MR) is 98.8 cm³/mol. The molecule has 6 heteroatoms. The number of rotatable bonds is 5. The highest BCUT2D eigenvalue weighted by Crippen LogP contribution is 2.31. The Morgan fingerprint density at radius 1 is 1.12 bits per heavy atom. The molecular formula is C20H26N4O2. The highest BCUT2D eigenvalue weighted by Gasteiger charge is 2.28. The molecule has 26 heavy (non-hydrogen) atoms. The van der Waals surface area contributed by atoms with Gasteiger partial charge in [-0.25, -0.2) is 4.98 Å². The lowest BCUT2D eigenvalue weighted by Crippen LogP contribution is -2.42. The smallest absolute Gasteiger partial charge is 0.250 e. The summed E-state index contributed by atoms with van der Waals surface area (Å²) in [6.07, 6.45) is 11.7. The van der Waals surface area contributed by atoms with E-state index in [0.29, 0.717) is 6.54 Å². The van der Waals surface area contributed by atoms with E-state index < -0.39 is 0 Å². The zero-order valence-corrected chi connectivity index (χ0v) is 15.1. The van der Waals surface area contributed by atoms with Gasteiger partial charge in [0.2, 0.25) is 5.91 Å². The van der Waals surface area contributed by atoms with Gasteiger partial charge < -0.3 is 14.0 Å². The summed E-state index contributed by atoms with van der Waals surface area (Å²) in [6.45, 7) is 2.63. The lowest BCUT2D eigenvalue weighted by atomic mass is 9.85. The third-order valence-electron chi connectivity index (χ3n) is 5.77. The third kappa shape index (κ3) is 3.59. The number of amides is 1. The average Bonchev–Trinajstić information content (AvgIpc) is 3.08. The Balaban J connectivity index is 1.43. The number of likely N-dealkylation sites (tertiary alicyclic amines) is 1. The Morgan fingerprint density at radius 3 is 2.77 bits per heavy atom. The Hall–Kier alpha value is -2.37. The lowest BCUT2D eigenvalue weighted by molar-refractivity contribution is -0.133. The second-order valence-corrected chi connectivity index (χ2v) is 7.58. The van der Waals surface area contributed by atoms with Crippen LogP contribution in [0.5, 0.6) is 0 Å². The van der Waals surface area contributed by atoms with Crippen LogP contribution >= 0.6 is 0 Å². The second-order valence-electron chi connectivity index (χ2n) is 7.58. The van der Waals surface area contributed by atoms with Crippen LogP contribution in [0.4, 0.5) is 0 Å². The molecule has 2 fully saturated rings. The van der Waals surface area contributed by atoms with Gasteiger partial charge in [-0.15, -0.1) is 0 Å². The Morgan fingerprint density at radius 2 is 2.00 bits per heavy atom. The topological polar surface area (TPSA) is 60.1 Å². The van der Waals surface area contributed by atoms with E-state index in [0.717, 1.165) is 37.7 Å². The van der Waals surface area contributed by atoms with Gasteiger partial charge in [-0.2, -0.15) is 0 Å². The van der Waals surface area contributed by atoms with Gasteiger partial charge in [-0.1, -0.05) is 12.5 Å². The molecular weight excluding hydrogens is 328 g/mol. The van der Waals surface area contributed by atoms with Crippen LogP contribution in [0.1, 0.15) is 43.8 Å². The summed E-state index contributed by atoms with van der Waals surface area (Å²) in [5, 5.41) is 0. The van der Waals surface area contributed by atoms with E-state index in [1.54, 1.807) is 18.3 Å². The van der Waals surface area contributed by atoms with Crippen LogP contribution in [-0.4, -0.2) is 38.0 Å². The van der Waals surface area contributed by atoms with E-state index in [-0.39, 0.29) is 23.9 Å². The first-order chi connectivity index (χ1) is 12.7. The standard InChI is InChI=1S/C20H26N4O2/c25-18-8-1-2-10-23(18)15-19(26)22-11-4-7-17(14-22)20-21-9-12-24(20)13-16-5-3-6-16/h1-2,8-10,12,16-17H,3-7,11,13-15H2/t17-/m1/s1. The molecule has 1 aliphatic carbocycles. The molecule has 2 aromatic rings. The molecule has 1 saturated heterocycles. The highest BCUT2D eigenvalue weighted by molar-refractivity contribution is 5.76. The van der Waals surface area contributed by atoms with Gasteiger partial charge in [0.25, 0.3) is 5.56 Å². The normalized spacial score (nSPS) is 20.8. The van der Waals surface area contributed by atoms with Crippen molar-refractivity contribution in [2.45, 2.75) is 51.1 Å². The Bertz CT molecular complexity index is 821. The third-order valence-corrected chi connectivity index (χ3v) is 5.77. The molecule has 2 aromatic heterocycles. The molecule has 0 aromatic carbocycles. The van der Waals surface area contributed by atoms with Gasteiger partial charge in [0.05, 0.1) is 0 Å². The fourth-order valence-electron chi connectivity index (χ4n) is 4.04. The maximum Gasteiger partial charge on any atom is 0.250 e. The minimum atomic E-state index is -0.134. The monoisotopic (exact) mass is 354 g/mol. The van der Waals surface area contributed by atoms with Gasteiger partial charge in [0.15, 0.2) is 0 Å². The van der Waals surface area contributed by atoms with Crippen molar-refractivity contribution in [3.8, 4) is 0 Å². The first-order valence-corrected chi connectivity index (χ1v) is 9.65. The van der Waals surface area contributed by atoms with E-state index in [4.69, 9.17) is 0 Å². The Labute approximate surface area is 153 Å². The van der Waals surface area contributed by atoms with Crippen LogP contribution in [0, 0.1) is 5.92 Å². The van der Waals surface area contributed by atoms with Gasteiger partial charge in [0.1, 0.15) is 12.4 Å². The largest absolute Gasteiger partial charge is 0.340 e. The first-order valence-electron chi connectivity index (χ1n) is 9.65. The molecule has 0 N–H and O–H groups in total. The summed E-state index contributed by atoms with van der Waals surface area (Å²) < 4.78 is 3.77. The van der Waals surface area contributed by atoms with Crippen molar-refractivity contribution in [2.75, 3.05) is 13.1 Å². The maximum atomic E-state index is 12.7. The van der Waals surface area contributed by atoms with Crippen molar-refractivity contribution in [1.29, 1.82) is 0 Å². The van der Waals surface area contributed by atoms with E-state index in [1.807, 2.05) is 11.1 Å². The number of nitrogens with zero attached hydrogens (tertiary/aromatic N) is 4. The molecule has 0 radical (unpaired) electrons. The van der Waals surface area contributed by atoms with Crippen LogP contribution < -0.4 is 5.56 Å². The Kier molecular flexibility index (Phi) is 4.91. The fourth-order valence-corrected chi connectivity index (χ4v) is 4.04. The number of pyridine rings is 1. The molecule has 0 spiro atoms. The SMILES string of the molecule is O=C(Cn1ccccc1=O)N1CCC[C@@H](c2nccn2CC2CCC2)C1. The van der Waals surface area contributed by atoms with Crippen LogP contribution in [0.2, 0.25) is 0 Å². The van der Waals surface area contributed by atoms with Crippen LogP contribution in [0.25, 0.3) is 0 Å². The molecule has 1 aliphatic heterocycles. The summed E-state index contributed by atoms with van der Waals surface area (Å²) >= 11 is 0. The number of hydrogen-bond acceptors (Lipinski definition) is 3. The molecule has 2 aliphatic rings. The molecule has 3 heterocycles. The number of hydrogen-bond donors (Lipinski definition) is 0. The van der Waals surface area contributed by atoms with Crippen LogP contribution in [0.15, 0.2) is 41.6 Å². The highest BCUT2D eigenvalue weighted by atomic mass is 16.2. The van der Waals surface area contributed by atoms with Gasteiger partial charge in [-0.05, 0) is 37.7 Å². The average molecular weight is 354 g/mol. The minimum absolute atomic E-state index is 0.0140.